The summed E-state index contributed by atoms with van der Waals surface area (Å²) in [6.07, 6.45) is -2.88. The highest BCUT2D eigenvalue weighted by molar-refractivity contribution is 5.96. The Hall–Kier alpha value is -2.88. The lowest BCUT2D eigenvalue weighted by Crippen LogP contribution is -2.39. The number of nitrogens with one attached hydrogen (secondary N) is 1. The summed E-state index contributed by atoms with van der Waals surface area (Å²) in [5.74, 6) is -2.35. The van der Waals surface area contributed by atoms with Crippen LogP contribution in [0.5, 0.6) is 5.75 Å². The van der Waals surface area contributed by atoms with E-state index in [1.807, 2.05) is 7.05 Å². The number of hydrogen-bond acceptors (Lipinski definition) is 6. The van der Waals surface area contributed by atoms with Crippen LogP contribution in [0.15, 0.2) is 18.2 Å². The number of rotatable bonds is 4. The van der Waals surface area contributed by atoms with E-state index in [0.29, 0.717) is 17.4 Å². The second-order valence-electron chi connectivity index (χ2n) is 7.19. The van der Waals surface area contributed by atoms with Crippen molar-refractivity contribution in [3.8, 4) is 17.0 Å². The first-order valence-corrected chi connectivity index (χ1v) is 9.04. The highest BCUT2D eigenvalue weighted by Gasteiger charge is 2.38. The Morgan fingerprint density at radius 3 is 2.62 bits per heavy atom. The minimum atomic E-state index is -4.91. The van der Waals surface area contributed by atoms with Gasteiger partial charge in [0.2, 0.25) is 0 Å². The van der Waals surface area contributed by atoms with Crippen molar-refractivity contribution in [3.05, 3.63) is 34.9 Å². The summed E-state index contributed by atoms with van der Waals surface area (Å²) in [5, 5.41) is 30.8. The fraction of sp³-hybridized carbons (Fsp3) is 0.421. The van der Waals surface area contributed by atoms with E-state index in [1.54, 1.807) is 13.0 Å². The van der Waals surface area contributed by atoms with Crippen molar-refractivity contribution >= 4 is 11.8 Å². The van der Waals surface area contributed by atoms with E-state index < -0.39 is 29.0 Å². The Kier molecular flexibility index (Phi) is 5.65. The van der Waals surface area contributed by atoms with E-state index in [4.69, 9.17) is 0 Å². The number of aromatic carboxylic acids is 1. The molecule has 0 radical (unpaired) electrons. The quantitative estimate of drug-likeness (QED) is 0.711. The zero-order valence-corrected chi connectivity index (χ0v) is 15.9. The molecule has 156 valence electrons. The number of carboxylic acid groups (broad SMARTS) is 1. The molecule has 0 spiro atoms. The number of carbonyl (C=O) groups is 1. The predicted octanol–water partition coefficient (Wildman–Crippen LogP) is 3.38. The van der Waals surface area contributed by atoms with Gasteiger partial charge in [0.05, 0.1) is 11.3 Å². The van der Waals surface area contributed by atoms with E-state index in [-0.39, 0.29) is 17.3 Å². The lowest BCUT2D eigenvalue weighted by Gasteiger charge is -2.30. The van der Waals surface area contributed by atoms with Crippen LogP contribution >= 0.6 is 0 Å². The maximum absolute atomic E-state index is 13.1. The molecule has 0 unspecified atom stereocenters. The highest BCUT2D eigenvalue weighted by Crippen LogP contribution is 2.41. The maximum atomic E-state index is 13.1. The smallest absolute Gasteiger partial charge is 0.417 e. The second kappa shape index (κ2) is 7.86. The largest absolute Gasteiger partial charge is 0.506 e. The third-order valence-corrected chi connectivity index (χ3v) is 4.91. The SMILES string of the molecule is Cc1cc(N[C@@H]2CCCN(C)C2)nnc1-c1ccc(C(F)(F)F)c(C(=O)O)c1O. The summed E-state index contributed by atoms with van der Waals surface area (Å²) in [7, 11) is 2.03. The first-order valence-electron chi connectivity index (χ1n) is 9.04. The third kappa shape index (κ3) is 4.42. The van der Waals surface area contributed by atoms with Crippen molar-refractivity contribution in [3.63, 3.8) is 0 Å². The Bertz CT molecular complexity index is 934. The Morgan fingerprint density at radius 1 is 1.31 bits per heavy atom. The van der Waals surface area contributed by atoms with Gasteiger partial charge in [0.15, 0.2) is 0 Å². The Morgan fingerprint density at radius 2 is 2.03 bits per heavy atom. The topological polar surface area (TPSA) is 98.6 Å². The molecule has 1 saturated heterocycles. The number of aromatic nitrogens is 2. The molecular formula is C19H21F3N4O3. The van der Waals surface area contributed by atoms with Crippen LogP contribution in [-0.4, -0.2) is 57.5 Å². The van der Waals surface area contributed by atoms with E-state index in [1.165, 1.54) is 0 Å². The number of hydrogen-bond donors (Lipinski definition) is 3. The molecule has 1 aromatic carbocycles. The van der Waals surface area contributed by atoms with Crippen LogP contribution in [0.25, 0.3) is 11.3 Å². The zero-order chi connectivity index (χ0) is 21.3. The summed E-state index contributed by atoms with van der Waals surface area (Å²) in [4.78, 5) is 13.5. The predicted molar refractivity (Wildman–Crippen MR) is 100.0 cm³/mol. The number of likely N-dealkylation sites (tertiary alicyclic amines) is 1. The van der Waals surface area contributed by atoms with Crippen LogP contribution in [0.4, 0.5) is 19.0 Å². The number of aryl methyl sites for hydroxylation is 1. The van der Waals surface area contributed by atoms with Crippen molar-refractivity contribution in [1.82, 2.24) is 15.1 Å². The van der Waals surface area contributed by atoms with Gasteiger partial charge in [-0.25, -0.2) is 4.79 Å². The number of nitrogens with zero attached hydrogens (tertiary/aromatic N) is 3. The number of likely N-dealkylation sites (N-methyl/N-ethyl adjacent to an activating group) is 1. The Labute approximate surface area is 165 Å². The molecule has 1 atom stereocenters. The average Bonchev–Trinajstić information content (AvgIpc) is 2.61. The molecule has 2 heterocycles. The number of halogens is 3. The minimum Gasteiger partial charge on any atom is -0.506 e. The number of aromatic hydroxyl groups is 1. The minimum absolute atomic E-state index is 0.116. The summed E-state index contributed by atoms with van der Waals surface area (Å²) in [6.45, 7) is 3.55. The molecule has 7 nitrogen and oxygen atoms in total. The number of phenols is 1. The molecule has 2 aromatic rings. The van der Waals surface area contributed by atoms with Gasteiger partial charge in [-0.05, 0) is 57.1 Å². The molecule has 1 fully saturated rings. The van der Waals surface area contributed by atoms with Crippen molar-refractivity contribution in [2.75, 3.05) is 25.5 Å². The molecule has 0 bridgehead atoms. The molecule has 3 rings (SSSR count). The van der Waals surface area contributed by atoms with Crippen molar-refractivity contribution in [1.29, 1.82) is 0 Å². The van der Waals surface area contributed by atoms with Crippen LogP contribution in [0.1, 0.15) is 34.3 Å². The average molecular weight is 410 g/mol. The molecule has 10 heteroatoms. The second-order valence-corrected chi connectivity index (χ2v) is 7.19. The Balaban J connectivity index is 1.95. The van der Waals surface area contributed by atoms with Crippen molar-refractivity contribution < 1.29 is 28.2 Å². The van der Waals surface area contributed by atoms with Gasteiger partial charge in [0.25, 0.3) is 0 Å². The summed E-state index contributed by atoms with van der Waals surface area (Å²) in [5.41, 5.74) is -2.09. The summed E-state index contributed by atoms with van der Waals surface area (Å²) < 4.78 is 39.3. The maximum Gasteiger partial charge on any atom is 0.417 e. The number of benzene rings is 1. The molecule has 0 amide bonds. The third-order valence-electron chi connectivity index (χ3n) is 4.91. The van der Waals surface area contributed by atoms with Crippen molar-refractivity contribution in [2.24, 2.45) is 0 Å². The molecule has 29 heavy (non-hydrogen) atoms. The van der Waals surface area contributed by atoms with Crippen LogP contribution in [0.2, 0.25) is 0 Å². The fourth-order valence-corrected chi connectivity index (χ4v) is 3.55. The molecule has 0 aliphatic carbocycles. The molecule has 1 aromatic heterocycles. The van der Waals surface area contributed by atoms with Gasteiger partial charge >= 0.3 is 12.1 Å². The van der Waals surface area contributed by atoms with E-state index in [2.05, 4.69) is 20.4 Å². The van der Waals surface area contributed by atoms with Gasteiger partial charge in [-0.1, -0.05) is 0 Å². The standard InChI is InChI=1S/C19H21F3N4O3/c1-10-8-14(23-11-4-3-7-26(2)9-11)24-25-16(10)12-5-6-13(19(20,21)22)15(17(12)27)18(28)29/h5-6,8,11,27H,3-4,7,9H2,1-2H3,(H,23,24)(H,28,29)/t11-/m1/s1. The molecule has 1 aliphatic rings. The zero-order valence-electron chi connectivity index (χ0n) is 15.9. The van der Waals surface area contributed by atoms with E-state index in [9.17, 15) is 28.2 Å². The van der Waals surface area contributed by atoms with Crippen molar-refractivity contribution in [2.45, 2.75) is 32.0 Å². The molecular weight excluding hydrogens is 389 g/mol. The summed E-state index contributed by atoms with van der Waals surface area (Å²) >= 11 is 0. The van der Waals surface area contributed by atoms with Gasteiger partial charge in [-0.15, -0.1) is 10.2 Å². The number of alkyl halides is 3. The van der Waals surface area contributed by atoms with Crippen LogP contribution in [0, 0.1) is 6.92 Å². The van der Waals surface area contributed by atoms with Crippen LogP contribution in [0.3, 0.4) is 0 Å². The molecule has 3 N–H and O–H groups in total. The molecule has 0 saturated carbocycles. The number of carboxylic acids is 1. The number of anilines is 1. The summed E-state index contributed by atoms with van der Waals surface area (Å²) in [6, 6.07) is 3.51. The first kappa shape index (κ1) is 20.8. The number of piperidine rings is 1. The van der Waals surface area contributed by atoms with E-state index >= 15 is 0 Å². The van der Waals surface area contributed by atoms with Crippen LogP contribution < -0.4 is 5.32 Å². The molecule has 1 aliphatic heterocycles. The monoisotopic (exact) mass is 410 g/mol. The lowest BCUT2D eigenvalue weighted by atomic mass is 9.98. The van der Waals surface area contributed by atoms with Gasteiger partial charge < -0.3 is 20.4 Å². The van der Waals surface area contributed by atoms with Gasteiger partial charge in [0, 0.05) is 18.2 Å². The lowest BCUT2D eigenvalue weighted by molar-refractivity contribution is -0.138. The van der Waals surface area contributed by atoms with Gasteiger partial charge in [-0.2, -0.15) is 13.2 Å². The van der Waals surface area contributed by atoms with Crippen LogP contribution in [-0.2, 0) is 6.18 Å². The highest BCUT2D eigenvalue weighted by atomic mass is 19.4. The van der Waals surface area contributed by atoms with Gasteiger partial charge in [0.1, 0.15) is 17.1 Å². The first-order chi connectivity index (χ1) is 13.6. The van der Waals surface area contributed by atoms with E-state index in [0.717, 1.165) is 32.0 Å². The normalized spacial score (nSPS) is 17.9. The van der Waals surface area contributed by atoms with Gasteiger partial charge in [-0.3, -0.25) is 0 Å². The fourth-order valence-electron chi connectivity index (χ4n) is 3.55.